The fraction of sp³-hybridized carbons (Fsp3) is 0.120. The van der Waals surface area contributed by atoms with E-state index in [9.17, 15) is 14.0 Å². The molecule has 31 heavy (non-hydrogen) atoms. The number of halogens is 1. The van der Waals surface area contributed by atoms with Crippen molar-refractivity contribution in [3.63, 3.8) is 0 Å². The minimum absolute atomic E-state index is 0.107. The van der Waals surface area contributed by atoms with Gasteiger partial charge < -0.3 is 14.2 Å². The average Bonchev–Trinajstić information content (AvgIpc) is 3.07. The van der Waals surface area contributed by atoms with Gasteiger partial charge in [0.15, 0.2) is 18.1 Å². The van der Waals surface area contributed by atoms with Crippen LogP contribution in [0.3, 0.4) is 0 Å². The van der Waals surface area contributed by atoms with E-state index in [1.807, 2.05) is 0 Å². The molecule has 0 N–H and O–H groups in total. The van der Waals surface area contributed by atoms with Gasteiger partial charge in [0, 0.05) is 11.6 Å². The average molecular weight is 418 g/mol. The third kappa shape index (κ3) is 4.33. The Morgan fingerprint density at radius 2 is 1.84 bits per heavy atom. The lowest BCUT2D eigenvalue weighted by Crippen LogP contribution is -2.11. The van der Waals surface area contributed by atoms with E-state index in [2.05, 4.69) is 0 Å². The van der Waals surface area contributed by atoms with Gasteiger partial charge in [-0.3, -0.25) is 9.59 Å². The number of methoxy groups -OCH3 is 1. The first-order chi connectivity index (χ1) is 14.9. The summed E-state index contributed by atoms with van der Waals surface area (Å²) in [5, 5.41) is 0. The SMILES string of the molecule is COc1ccc(C(=O)COc2cc(C)c3c(c2)O/C(=C\c2cccc(F)c2)C3=O)cc1. The van der Waals surface area contributed by atoms with E-state index in [1.165, 1.54) is 18.2 Å². The lowest BCUT2D eigenvalue weighted by atomic mass is 10.0. The molecule has 0 fully saturated rings. The number of carbonyl (C=O) groups is 2. The maximum Gasteiger partial charge on any atom is 0.232 e. The lowest BCUT2D eigenvalue weighted by Gasteiger charge is -2.09. The summed E-state index contributed by atoms with van der Waals surface area (Å²) in [6, 6.07) is 15.9. The molecule has 0 saturated carbocycles. The maximum atomic E-state index is 13.4. The van der Waals surface area contributed by atoms with E-state index in [1.54, 1.807) is 62.6 Å². The molecular weight excluding hydrogens is 399 g/mol. The lowest BCUT2D eigenvalue weighted by molar-refractivity contribution is 0.0920. The zero-order chi connectivity index (χ0) is 22.0. The summed E-state index contributed by atoms with van der Waals surface area (Å²) in [6.07, 6.45) is 1.50. The number of rotatable bonds is 6. The van der Waals surface area contributed by atoms with E-state index >= 15 is 0 Å². The summed E-state index contributed by atoms with van der Waals surface area (Å²) in [5.41, 5.74) is 2.12. The molecule has 0 aromatic heterocycles. The monoisotopic (exact) mass is 418 g/mol. The minimum atomic E-state index is -0.397. The second-order valence-corrected chi connectivity index (χ2v) is 7.05. The molecule has 1 heterocycles. The smallest absolute Gasteiger partial charge is 0.232 e. The first-order valence-corrected chi connectivity index (χ1v) is 9.59. The Labute approximate surface area is 178 Å². The van der Waals surface area contributed by atoms with Gasteiger partial charge in [0.2, 0.25) is 5.78 Å². The number of ketones is 2. The zero-order valence-corrected chi connectivity index (χ0v) is 17.0. The van der Waals surface area contributed by atoms with Crippen LogP contribution in [0.5, 0.6) is 17.2 Å². The van der Waals surface area contributed by atoms with Crippen LogP contribution in [0.1, 0.15) is 31.8 Å². The Morgan fingerprint density at radius 1 is 1.06 bits per heavy atom. The summed E-state index contributed by atoms with van der Waals surface area (Å²) in [5.74, 6) is 0.663. The highest BCUT2D eigenvalue weighted by Crippen LogP contribution is 2.37. The Balaban J connectivity index is 1.50. The third-order valence-corrected chi connectivity index (χ3v) is 4.87. The van der Waals surface area contributed by atoms with Crippen molar-refractivity contribution in [3.8, 4) is 17.2 Å². The molecule has 1 aliphatic rings. The predicted molar refractivity (Wildman–Crippen MR) is 113 cm³/mol. The van der Waals surface area contributed by atoms with Gasteiger partial charge in [0.25, 0.3) is 0 Å². The van der Waals surface area contributed by atoms with Crippen molar-refractivity contribution in [2.75, 3.05) is 13.7 Å². The number of allylic oxidation sites excluding steroid dienone is 1. The van der Waals surface area contributed by atoms with Crippen molar-refractivity contribution in [2.45, 2.75) is 6.92 Å². The van der Waals surface area contributed by atoms with Crippen molar-refractivity contribution in [2.24, 2.45) is 0 Å². The predicted octanol–water partition coefficient (Wildman–Crippen LogP) is 5.02. The molecule has 0 aliphatic carbocycles. The van der Waals surface area contributed by atoms with Crippen LogP contribution in [-0.4, -0.2) is 25.3 Å². The van der Waals surface area contributed by atoms with Crippen LogP contribution in [0.15, 0.2) is 66.4 Å². The van der Waals surface area contributed by atoms with Gasteiger partial charge in [-0.25, -0.2) is 4.39 Å². The molecule has 0 amide bonds. The first-order valence-electron chi connectivity index (χ1n) is 9.59. The quantitative estimate of drug-likeness (QED) is 0.416. The summed E-state index contributed by atoms with van der Waals surface area (Å²) in [7, 11) is 1.56. The van der Waals surface area contributed by atoms with Crippen molar-refractivity contribution >= 4 is 17.6 Å². The molecule has 156 valence electrons. The van der Waals surface area contributed by atoms with Gasteiger partial charge in [-0.2, -0.15) is 0 Å². The topological polar surface area (TPSA) is 61.8 Å². The van der Waals surface area contributed by atoms with Gasteiger partial charge in [0.05, 0.1) is 12.7 Å². The maximum absolute atomic E-state index is 13.4. The molecule has 1 aliphatic heterocycles. The van der Waals surface area contributed by atoms with Crippen LogP contribution in [0, 0.1) is 12.7 Å². The number of benzene rings is 3. The Morgan fingerprint density at radius 3 is 2.55 bits per heavy atom. The molecule has 0 atom stereocenters. The first kappa shape index (κ1) is 20.3. The highest BCUT2D eigenvalue weighted by atomic mass is 19.1. The van der Waals surface area contributed by atoms with Gasteiger partial charge in [-0.1, -0.05) is 12.1 Å². The number of aryl methyl sites for hydroxylation is 1. The molecule has 6 heteroatoms. The number of hydrogen-bond acceptors (Lipinski definition) is 5. The Hall–Kier alpha value is -3.93. The van der Waals surface area contributed by atoms with Crippen LogP contribution in [0.2, 0.25) is 0 Å². The Bertz CT molecular complexity index is 1200. The molecule has 0 unspecified atom stereocenters. The molecular formula is C25H19FO5. The van der Waals surface area contributed by atoms with E-state index in [0.717, 1.165) is 0 Å². The second-order valence-electron chi connectivity index (χ2n) is 7.05. The fourth-order valence-corrected chi connectivity index (χ4v) is 3.32. The van der Waals surface area contributed by atoms with Gasteiger partial charge >= 0.3 is 0 Å². The standard InChI is InChI=1S/C25H19FO5/c1-15-10-20(30-14-21(27)17-6-8-19(29-2)9-7-17)13-22-24(15)25(28)23(31-22)12-16-4-3-5-18(26)11-16/h3-13H,14H2,1-2H3/b23-12-. The van der Waals surface area contributed by atoms with Crippen molar-refractivity contribution in [1.29, 1.82) is 0 Å². The molecule has 4 rings (SSSR count). The van der Waals surface area contributed by atoms with Crippen LogP contribution in [0.4, 0.5) is 4.39 Å². The van der Waals surface area contributed by atoms with E-state index in [0.29, 0.717) is 39.5 Å². The Kier molecular flexibility index (Phi) is 5.54. The van der Waals surface area contributed by atoms with Crippen molar-refractivity contribution < 1.29 is 28.2 Å². The zero-order valence-electron chi connectivity index (χ0n) is 17.0. The number of Topliss-reactive ketones (excluding diaryl/α,β-unsaturated/α-hetero) is 2. The second kappa shape index (κ2) is 8.44. The normalized spacial score (nSPS) is 13.6. The third-order valence-electron chi connectivity index (χ3n) is 4.87. The summed E-state index contributed by atoms with van der Waals surface area (Å²) in [4.78, 5) is 25.1. The van der Waals surface area contributed by atoms with Gasteiger partial charge in [0.1, 0.15) is 23.1 Å². The van der Waals surface area contributed by atoms with E-state index in [4.69, 9.17) is 14.2 Å². The van der Waals surface area contributed by atoms with Crippen molar-refractivity contribution in [3.05, 3.63) is 94.5 Å². The molecule has 0 bridgehead atoms. The highest BCUT2D eigenvalue weighted by molar-refractivity contribution is 6.15. The van der Waals surface area contributed by atoms with Crippen molar-refractivity contribution in [1.82, 2.24) is 0 Å². The largest absolute Gasteiger partial charge is 0.497 e. The van der Waals surface area contributed by atoms with Gasteiger partial charge in [-0.15, -0.1) is 0 Å². The summed E-state index contributed by atoms with van der Waals surface area (Å²) >= 11 is 0. The van der Waals surface area contributed by atoms with Crippen LogP contribution in [0.25, 0.3) is 6.08 Å². The summed E-state index contributed by atoms with van der Waals surface area (Å²) < 4.78 is 29.9. The van der Waals surface area contributed by atoms with Crippen LogP contribution >= 0.6 is 0 Å². The molecule has 3 aromatic rings. The summed E-state index contributed by atoms with van der Waals surface area (Å²) in [6.45, 7) is 1.61. The van der Waals surface area contributed by atoms with Crippen LogP contribution < -0.4 is 14.2 Å². The highest BCUT2D eigenvalue weighted by Gasteiger charge is 2.30. The van der Waals surface area contributed by atoms with E-state index in [-0.39, 0.29) is 23.9 Å². The molecule has 3 aromatic carbocycles. The molecule has 0 radical (unpaired) electrons. The number of hydrogen-bond donors (Lipinski definition) is 0. The van der Waals surface area contributed by atoms with Gasteiger partial charge in [-0.05, 0) is 66.6 Å². The van der Waals surface area contributed by atoms with E-state index < -0.39 is 5.82 Å². The molecule has 0 spiro atoms. The van der Waals surface area contributed by atoms with Crippen LogP contribution in [-0.2, 0) is 0 Å². The number of fused-ring (bicyclic) bond motifs is 1. The molecule has 5 nitrogen and oxygen atoms in total. The number of carbonyl (C=O) groups excluding carboxylic acids is 2. The fourth-order valence-electron chi connectivity index (χ4n) is 3.32. The molecule has 0 saturated heterocycles. The number of ether oxygens (including phenoxy) is 3. The minimum Gasteiger partial charge on any atom is -0.497 e.